The molecule has 3 aromatic rings. The van der Waals surface area contributed by atoms with E-state index in [9.17, 15) is 0 Å². The van der Waals surface area contributed by atoms with Crippen LogP contribution in [0.2, 0.25) is 5.02 Å². The van der Waals surface area contributed by atoms with Gasteiger partial charge in [0.1, 0.15) is 5.52 Å². The Morgan fingerprint density at radius 3 is 2.35 bits per heavy atom. The van der Waals surface area contributed by atoms with E-state index in [1.165, 1.54) is 5.56 Å². The van der Waals surface area contributed by atoms with Crippen LogP contribution in [0.3, 0.4) is 0 Å². The number of nitrogen functional groups attached to an aromatic ring is 1. The summed E-state index contributed by atoms with van der Waals surface area (Å²) in [6.45, 7) is 6.20. The van der Waals surface area contributed by atoms with E-state index in [1.807, 2.05) is 0 Å². The van der Waals surface area contributed by atoms with Gasteiger partial charge in [-0.2, -0.15) is 0 Å². The lowest BCUT2D eigenvalue weighted by atomic mass is 10.00. The number of rotatable bonds is 1. The first-order valence-electron chi connectivity index (χ1n) is 6.39. The lowest BCUT2D eigenvalue weighted by molar-refractivity contribution is 0.619. The molecule has 0 spiro atoms. The van der Waals surface area contributed by atoms with Gasteiger partial charge < -0.3 is 10.2 Å². The topological polar surface area (TPSA) is 52.0 Å². The molecule has 0 atom stereocenters. The number of aryl methyl sites for hydroxylation is 3. The summed E-state index contributed by atoms with van der Waals surface area (Å²) in [4.78, 5) is 4.53. The Hall–Kier alpha value is -2.00. The van der Waals surface area contributed by atoms with Crippen molar-refractivity contribution < 1.29 is 4.42 Å². The number of anilines is 1. The Labute approximate surface area is 122 Å². The highest BCUT2D eigenvalue weighted by Gasteiger charge is 2.14. The number of halogens is 1. The van der Waals surface area contributed by atoms with Crippen LogP contribution in [0, 0.1) is 20.8 Å². The lowest BCUT2D eigenvalue weighted by Crippen LogP contribution is -1.89. The molecule has 0 fully saturated rings. The summed E-state index contributed by atoms with van der Waals surface area (Å²) in [7, 11) is 0. The van der Waals surface area contributed by atoms with E-state index in [1.54, 1.807) is 12.1 Å². The van der Waals surface area contributed by atoms with Crippen molar-refractivity contribution in [2.45, 2.75) is 20.8 Å². The first-order valence-corrected chi connectivity index (χ1v) is 6.77. The maximum absolute atomic E-state index is 6.02. The predicted octanol–water partition coefficient (Wildman–Crippen LogP) is 4.66. The molecule has 0 aliphatic carbocycles. The van der Waals surface area contributed by atoms with E-state index in [-0.39, 0.29) is 0 Å². The summed E-state index contributed by atoms with van der Waals surface area (Å²) >= 11 is 6.02. The molecule has 4 heteroatoms. The van der Waals surface area contributed by atoms with Gasteiger partial charge in [0.25, 0.3) is 0 Å². The van der Waals surface area contributed by atoms with Gasteiger partial charge in [-0.15, -0.1) is 0 Å². The van der Waals surface area contributed by atoms with Crippen molar-refractivity contribution >= 4 is 28.4 Å². The van der Waals surface area contributed by atoms with Gasteiger partial charge in [0, 0.05) is 11.6 Å². The number of benzene rings is 2. The Bertz CT molecular complexity index is 759. The molecular weight excluding hydrogens is 272 g/mol. The first kappa shape index (κ1) is 13.0. The van der Waals surface area contributed by atoms with Crippen molar-refractivity contribution in [1.82, 2.24) is 4.98 Å². The minimum Gasteiger partial charge on any atom is -0.436 e. The molecule has 20 heavy (non-hydrogen) atoms. The molecule has 0 unspecified atom stereocenters. The molecule has 102 valence electrons. The van der Waals surface area contributed by atoms with Crippen LogP contribution < -0.4 is 5.73 Å². The predicted molar refractivity (Wildman–Crippen MR) is 83.1 cm³/mol. The van der Waals surface area contributed by atoms with Crippen LogP contribution >= 0.6 is 11.6 Å². The van der Waals surface area contributed by atoms with Crippen LogP contribution in [0.4, 0.5) is 5.69 Å². The highest BCUT2D eigenvalue weighted by molar-refractivity contribution is 6.33. The Balaban J connectivity index is 2.25. The number of oxazole rings is 1. The van der Waals surface area contributed by atoms with Gasteiger partial charge in [0.2, 0.25) is 5.89 Å². The molecule has 0 saturated carbocycles. The van der Waals surface area contributed by atoms with Gasteiger partial charge in [0.15, 0.2) is 5.58 Å². The molecule has 0 radical (unpaired) electrons. The smallest absolute Gasteiger partial charge is 0.227 e. The van der Waals surface area contributed by atoms with Crippen molar-refractivity contribution in [2.75, 3.05) is 5.73 Å². The Morgan fingerprint density at radius 2 is 1.70 bits per heavy atom. The summed E-state index contributed by atoms with van der Waals surface area (Å²) < 4.78 is 5.84. The first-order chi connectivity index (χ1) is 9.45. The van der Waals surface area contributed by atoms with E-state index in [4.69, 9.17) is 21.8 Å². The van der Waals surface area contributed by atoms with Gasteiger partial charge >= 0.3 is 0 Å². The van der Waals surface area contributed by atoms with E-state index >= 15 is 0 Å². The largest absolute Gasteiger partial charge is 0.436 e. The van der Waals surface area contributed by atoms with E-state index < -0.39 is 0 Å². The second kappa shape index (κ2) is 4.53. The number of aromatic nitrogens is 1. The van der Waals surface area contributed by atoms with Crippen molar-refractivity contribution in [3.05, 3.63) is 46.0 Å². The minimum absolute atomic E-state index is 0.495. The molecule has 0 bridgehead atoms. The highest BCUT2D eigenvalue weighted by atomic mass is 35.5. The van der Waals surface area contributed by atoms with Crippen LogP contribution in [-0.4, -0.2) is 4.98 Å². The van der Waals surface area contributed by atoms with Gasteiger partial charge in [-0.1, -0.05) is 29.3 Å². The van der Waals surface area contributed by atoms with Crippen molar-refractivity contribution in [3.8, 4) is 11.5 Å². The van der Waals surface area contributed by atoms with Crippen molar-refractivity contribution in [3.63, 3.8) is 0 Å². The quantitative estimate of drug-likeness (QED) is 0.662. The van der Waals surface area contributed by atoms with Gasteiger partial charge in [-0.25, -0.2) is 4.98 Å². The van der Waals surface area contributed by atoms with E-state index in [0.29, 0.717) is 22.2 Å². The molecule has 0 saturated heterocycles. The number of hydrogen-bond acceptors (Lipinski definition) is 3. The molecular formula is C16H15ClN2O. The molecule has 2 N–H and O–H groups in total. The molecule has 3 nitrogen and oxygen atoms in total. The van der Waals surface area contributed by atoms with Crippen LogP contribution in [0.5, 0.6) is 0 Å². The van der Waals surface area contributed by atoms with Crippen LogP contribution in [0.25, 0.3) is 22.6 Å². The maximum Gasteiger partial charge on any atom is 0.227 e. The zero-order chi connectivity index (χ0) is 14.4. The molecule has 0 aliphatic rings. The molecule has 3 rings (SSSR count). The van der Waals surface area contributed by atoms with Gasteiger partial charge in [-0.05, 0) is 38.0 Å². The summed E-state index contributed by atoms with van der Waals surface area (Å²) in [5.41, 5.74) is 12.2. The third-order valence-electron chi connectivity index (χ3n) is 3.40. The number of nitrogens with two attached hydrogens (primary N) is 1. The molecule has 2 aromatic carbocycles. The molecule has 1 heterocycles. The second-order valence-corrected chi connectivity index (χ2v) is 5.54. The molecule has 1 aromatic heterocycles. The Kier molecular flexibility index (Phi) is 2.94. The van der Waals surface area contributed by atoms with Crippen LogP contribution in [0.1, 0.15) is 16.7 Å². The average molecular weight is 287 g/mol. The summed E-state index contributed by atoms with van der Waals surface area (Å²) in [6, 6.07) is 7.70. The number of nitrogens with zero attached hydrogens (tertiary/aromatic N) is 1. The van der Waals surface area contributed by atoms with Crippen LogP contribution in [-0.2, 0) is 0 Å². The second-order valence-electron chi connectivity index (χ2n) is 5.13. The maximum atomic E-state index is 6.02. The zero-order valence-corrected chi connectivity index (χ0v) is 12.4. The number of fused-ring (bicyclic) bond motifs is 1. The monoisotopic (exact) mass is 286 g/mol. The number of hydrogen-bond donors (Lipinski definition) is 1. The fourth-order valence-electron chi connectivity index (χ4n) is 2.59. The standard InChI is InChI=1S/C16H15ClN2O/c1-8-4-9(2)15(10(3)5-8)16-19-13-6-11(17)12(18)7-14(13)20-16/h4-7H,18H2,1-3H3. The van der Waals surface area contributed by atoms with Gasteiger partial charge in [-0.3, -0.25) is 0 Å². The third kappa shape index (κ3) is 2.04. The van der Waals surface area contributed by atoms with E-state index in [2.05, 4.69) is 37.9 Å². The van der Waals surface area contributed by atoms with E-state index in [0.717, 1.165) is 22.2 Å². The van der Waals surface area contributed by atoms with Crippen molar-refractivity contribution in [2.24, 2.45) is 0 Å². The zero-order valence-electron chi connectivity index (χ0n) is 11.6. The average Bonchev–Trinajstić information content (AvgIpc) is 2.70. The molecule has 0 amide bonds. The summed E-state index contributed by atoms with van der Waals surface area (Å²) in [5, 5.41) is 0.495. The SMILES string of the molecule is Cc1cc(C)c(-c2nc3cc(Cl)c(N)cc3o2)c(C)c1. The summed E-state index contributed by atoms with van der Waals surface area (Å²) in [6.07, 6.45) is 0. The highest BCUT2D eigenvalue weighted by Crippen LogP contribution is 2.33. The lowest BCUT2D eigenvalue weighted by Gasteiger charge is -2.07. The van der Waals surface area contributed by atoms with Crippen LogP contribution in [0.15, 0.2) is 28.7 Å². The minimum atomic E-state index is 0.495. The third-order valence-corrected chi connectivity index (χ3v) is 3.73. The van der Waals surface area contributed by atoms with Gasteiger partial charge in [0.05, 0.1) is 10.7 Å². The summed E-state index contributed by atoms with van der Waals surface area (Å²) in [5.74, 6) is 0.608. The van der Waals surface area contributed by atoms with Crippen molar-refractivity contribution in [1.29, 1.82) is 0 Å². The normalized spacial score (nSPS) is 11.2. The fraction of sp³-hybridized carbons (Fsp3) is 0.188. The molecule has 0 aliphatic heterocycles. The fourth-order valence-corrected chi connectivity index (χ4v) is 2.75. The Morgan fingerprint density at radius 1 is 1.05 bits per heavy atom.